The summed E-state index contributed by atoms with van der Waals surface area (Å²) >= 11 is 0. The van der Waals surface area contributed by atoms with Crippen molar-refractivity contribution in [1.29, 1.82) is 0 Å². The Morgan fingerprint density at radius 1 is 0.946 bits per heavy atom. The number of aromatic nitrogens is 6. The van der Waals surface area contributed by atoms with Crippen LogP contribution in [0.3, 0.4) is 0 Å². The first-order chi connectivity index (χ1) is 18.0. The first-order valence-corrected chi connectivity index (χ1v) is 13.0. The first kappa shape index (κ1) is 23.4. The maximum atomic E-state index is 6.16. The Labute approximate surface area is 216 Å². The molecule has 0 spiro atoms. The van der Waals surface area contributed by atoms with Gasteiger partial charge in [0.1, 0.15) is 0 Å². The lowest BCUT2D eigenvalue weighted by Gasteiger charge is -2.30. The van der Waals surface area contributed by atoms with E-state index in [9.17, 15) is 0 Å². The minimum Gasteiger partial charge on any atom is -0.347 e. The third kappa shape index (κ3) is 4.40. The fourth-order valence-corrected chi connectivity index (χ4v) is 5.05. The van der Waals surface area contributed by atoms with Crippen LogP contribution in [0, 0.1) is 0 Å². The Morgan fingerprint density at radius 3 is 2.49 bits per heavy atom. The quantitative estimate of drug-likeness (QED) is 0.352. The maximum absolute atomic E-state index is 6.16. The van der Waals surface area contributed by atoms with Crippen molar-refractivity contribution in [2.24, 2.45) is 5.73 Å². The smallest absolute Gasteiger partial charge is 0.230 e. The Hall–Kier alpha value is -3.98. The van der Waals surface area contributed by atoms with Crippen LogP contribution >= 0.6 is 0 Å². The molecule has 0 radical (unpaired) electrons. The molecule has 2 aromatic carbocycles. The van der Waals surface area contributed by atoms with Gasteiger partial charge in [-0.25, -0.2) is 4.68 Å². The molecule has 5 aromatic rings. The van der Waals surface area contributed by atoms with Crippen molar-refractivity contribution in [3.8, 4) is 5.69 Å². The molecular weight excluding hydrogens is 462 g/mol. The highest BCUT2D eigenvalue weighted by Crippen LogP contribution is 2.29. The molecule has 1 saturated heterocycles. The summed E-state index contributed by atoms with van der Waals surface area (Å²) in [5, 5.41) is 14.2. The lowest BCUT2D eigenvalue weighted by atomic mass is 10.1. The molecule has 1 aliphatic rings. The number of nitrogens with one attached hydrogen (secondary N) is 1. The summed E-state index contributed by atoms with van der Waals surface area (Å²) < 4.78 is 3.79. The van der Waals surface area contributed by atoms with Gasteiger partial charge in [0.15, 0.2) is 5.65 Å². The average Bonchev–Trinajstić information content (AvgIpc) is 3.54. The summed E-state index contributed by atoms with van der Waals surface area (Å²) in [7, 11) is 0. The van der Waals surface area contributed by atoms with Crippen LogP contribution in [0.2, 0.25) is 0 Å². The van der Waals surface area contributed by atoms with Crippen LogP contribution in [0.4, 0.5) is 11.9 Å². The Balaban J connectivity index is 1.39. The van der Waals surface area contributed by atoms with Gasteiger partial charge in [-0.05, 0) is 43.4 Å². The molecule has 1 fully saturated rings. The predicted octanol–water partition coefficient (Wildman–Crippen LogP) is 4.69. The van der Waals surface area contributed by atoms with Crippen molar-refractivity contribution in [2.45, 2.75) is 51.6 Å². The summed E-state index contributed by atoms with van der Waals surface area (Å²) in [6.45, 7) is 8.18. The maximum Gasteiger partial charge on any atom is 0.230 e. The lowest BCUT2D eigenvalue weighted by Crippen LogP contribution is -2.40. The van der Waals surface area contributed by atoms with E-state index < -0.39 is 0 Å². The number of para-hydroxylation sites is 1. The standard InChI is InChI=1S/C28H33N9/c1-18(2)23-16-30-37-26(23)32-27(35-14-12-21(29)13-15-35)33-28(37)31-19(3)22-9-5-7-11-25(22)36-17-20-8-4-6-10-24(20)34-36/h4-11,16-19,21H,12-15,29H2,1-3H3,(H,31,32,33)/t19-/m0/s1. The van der Waals surface area contributed by atoms with Crippen molar-refractivity contribution in [3.63, 3.8) is 0 Å². The summed E-state index contributed by atoms with van der Waals surface area (Å²) in [4.78, 5) is 12.2. The molecule has 0 amide bonds. The molecule has 4 heterocycles. The van der Waals surface area contributed by atoms with Gasteiger partial charge in [0.2, 0.25) is 11.9 Å². The molecule has 9 heteroatoms. The molecule has 3 aromatic heterocycles. The minimum atomic E-state index is -0.0593. The van der Waals surface area contributed by atoms with Crippen LogP contribution in [0.25, 0.3) is 22.2 Å². The second kappa shape index (κ2) is 9.48. The SMILES string of the molecule is CC(C)c1cnn2c(N[C@@H](C)c3ccccc3-n3cc4ccccc4n3)nc(N3CCC(N)CC3)nc12. The fourth-order valence-electron chi connectivity index (χ4n) is 5.05. The molecule has 190 valence electrons. The largest absolute Gasteiger partial charge is 0.347 e. The van der Waals surface area contributed by atoms with E-state index in [0.717, 1.165) is 65.2 Å². The van der Waals surface area contributed by atoms with Gasteiger partial charge in [0.25, 0.3) is 0 Å². The molecule has 0 aliphatic carbocycles. The van der Waals surface area contributed by atoms with E-state index in [-0.39, 0.29) is 12.1 Å². The van der Waals surface area contributed by atoms with Crippen LogP contribution in [0.15, 0.2) is 60.9 Å². The zero-order valence-electron chi connectivity index (χ0n) is 21.5. The zero-order valence-corrected chi connectivity index (χ0v) is 21.5. The second-order valence-electron chi connectivity index (χ2n) is 10.2. The summed E-state index contributed by atoms with van der Waals surface area (Å²) in [6.07, 6.45) is 5.86. The normalized spacial score (nSPS) is 15.6. The van der Waals surface area contributed by atoms with E-state index in [0.29, 0.717) is 11.9 Å². The highest BCUT2D eigenvalue weighted by molar-refractivity contribution is 5.78. The number of benzene rings is 2. The van der Waals surface area contributed by atoms with Gasteiger partial charge in [-0.2, -0.15) is 24.7 Å². The molecule has 0 saturated carbocycles. The van der Waals surface area contributed by atoms with Crippen molar-refractivity contribution >= 4 is 28.4 Å². The Morgan fingerprint density at radius 2 is 1.70 bits per heavy atom. The minimum absolute atomic E-state index is 0.0593. The number of piperidine rings is 1. The van der Waals surface area contributed by atoms with Crippen molar-refractivity contribution < 1.29 is 0 Å². The predicted molar refractivity (Wildman–Crippen MR) is 147 cm³/mol. The highest BCUT2D eigenvalue weighted by Gasteiger charge is 2.23. The van der Waals surface area contributed by atoms with E-state index >= 15 is 0 Å². The van der Waals surface area contributed by atoms with Crippen LogP contribution < -0.4 is 16.0 Å². The first-order valence-electron chi connectivity index (χ1n) is 13.0. The topological polar surface area (TPSA) is 102 Å². The van der Waals surface area contributed by atoms with Crippen LogP contribution in [0.5, 0.6) is 0 Å². The summed E-state index contributed by atoms with van der Waals surface area (Å²) in [5.74, 6) is 1.70. The zero-order chi connectivity index (χ0) is 25.5. The van der Waals surface area contributed by atoms with E-state index in [2.05, 4.69) is 66.5 Å². The number of anilines is 2. The Kier molecular flexibility index (Phi) is 6.00. The molecule has 37 heavy (non-hydrogen) atoms. The van der Waals surface area contributed by atoms with Crippen LogP contribution in [0.1, 0.15) is 56.7 Å². The van der Waals surface area contributed by atoms with E-state index in [4.69, 9.17) is 20.8 Å². The third-order valence-corrected chi connectivity index (χ3v) is 7.24. The number of hydrogen-bond acceptors (Lipinski definition) is 7. The van der Waals surface area contributed by atoms with Gasteiger partial charge in [0, 0.05) is 36.3 Å². The number of fused-ring (bicyclic) bond motifs is 2. The average molecular weight is 496 g/mol. The molecule has 1 atom stereocenters. The van der Waals surface area contributed by atoms with Crippen molar-refractivity contribution in [1.82, 2.24) is 29.4 Å². The van der Waals surface area contributed by atoms with Gasteiger partial charge in [-0.1, -0.05) is 50.2 Å². The van der Waals surface area contributed by atoms with Gasteiger partial charge in [-0.15, -0.1) is 0 Å². The Bertz CT molecular complexity index is 1510. The van der Waals surface area contributed by atoms with E-state index in [1.807, 2.05) is 39.7 Å². The second-order valence-corrected chi connectivity index (χ2v) is 10.2. The van der Waals surface area contributed by atoms with Crippen molar-refractivity contribution in [2.75, 3.05) is 23.3 Å². The van der Waals surface area contributed by atoms with Crippen LogP contribution in [-0.4, -0.2) is 48.5 Å². The number of nitrogens with zero attached hydrogens (tertiary/aromatic N) is 7. The molecular formula is C28H33N9. The van der Waals surface area contributed by atoms with E-state index in [1.165, 1.54) is 0 Å². The van der Waals surface area contributed by atoms with Gasteiger partial charge in [0.05, 0.1) is 23.4 Å². The number of nitrogens with two attached hydrogens (primary N) is 1. The molecule has 3 N–H and O–H groups in total. The monoisotopic (exact) mass is 495 g/mol. The van der Waals surface area contributed by atoms with Gasteiger partial charge >= 0.3 is 0 Å². The molecule has 0 bridgehead atoms. The summed E-state index contributed by atoms with van der Waals surface area (Å²) in [5.41, 5.74) is 11.2. The molecule has 6 rings (SSSR count). The molecule has 0 unspecified atom stereocenters. The molecule has 1 aliphatic heterocycles. The van der Waals surface area contributed by atoms with Gasteiger partial charge < -0.3 is 16.0 Å². The third-order valence-electron chi connectivity index (χ3n) is 7.24. The highest BCUT2D eigenvalue weighted by atomic mass is 15.4. The lowest BCUT2D eigenvalue weighted by molar-refractivity contribution is 0.495. The van der Waals surface area contributed by atoms with Crippen molar-refractivity contribution in [3.05, 3.63) is 72.1 Å². The molecule has 9 nitrogen and oxygen atoms in total. The summed E-state index contributed by atoms with van der Waals surface area (Å²) in [6, 6.07) is 16.7. The van der Waals surface area contributed by atoms with Gasteiger partial charge in [-0.3, -0.25) is 0 Å². The fraction of sp³-hybridized carbons (Fsp3) is 0.357. The van der Waals surface area contributed by atoms with Crippen LogP contribution in [-0.2, 0) is 0 Å². The van der Waals surface area contributed by atoms with E-state index in [1.54, 1.807) is 0 Å². The number of hydrogen-bond donors (Lipinski definition) is 2. The number of rotatable bonds is 6.